The molecule has 0 bridgehead atoms. The van der Waals surface area contributed by atoms with E-state index >= 15 is 0 Å². The number of carbonyl (C=O) groups excluding carboxylic acids is 1. The van der Waals surface area contributed by atoms with Gasteiger partial charge in [-0.25, -0.2) is 4.98 Å². The molecule has 1 aliphatic heterocycles. The van der Waals surface area contributed by atoms with E-state index in [2.05, 4.69) is 18.9 Å². The van der Waals surface area contributed by atoms with Crippen molar-refractivity contribution in [2.45, 2.75) is 32.8 Å². The number of likely N-dealkylation sites (N-methyl/N-ethyl adjacent to an activating group) is 1. The Kier molecular flexibility index (Phi) is 4.90. The summed E-state index contributed by atoms with van der Waals surface area (Å²) in [5, 5.41) is 5.28. The standard InChI is InChI=1S/C22H26N4O3/c1-13(2)17-10-16(20-14(3)24-26(5)21(20)23-17)22(27)25(4)11-15-12-28-18-8-6-7-9-19(18)29-15/h6-10,13,15H,11-12H2,1-5H3/t15-/m0/s1. The van der Waals surface area contributed by atoms with E-state index in [0.717, 1.165) is 28.2 Å². The van der Waals surface area contributed by atoms with Gasteiger partial charge in [0.25, 0.3) is 5.91 Å². The summed E-state index contributed by atoms with van der Waals surface area (Å²) in [5.74, 6) is 1.58. The number of rotatable bonds is 4. The number of benzene rings is 1. The fourth-order valence-electron chi connectivity index (χ4n) is 3.68. The zero-order valence-corrected chi connectivity index (χ0v) is 17.5. The molecule has 1 amide bonds. The fraction of sp³-hybridized carbons (Fsp3) is 0.409. The van der Waals surface area contributed by atoms with Gasteiger partial charge >= 0.3 is 0 Å². The van der Waals surface area contributed by atoms with Crippen LogP contribution in [0.4, 0.5) is 0 Å². The lowest BCUT2D eigenvalue weighted by Gasteiger charge is -2.29. The summed E-state index contributed by atoms with van der Waals surface area (Å²) < 4.78 is 13.5. The summed E-state index contributed by atoms with van der Waals surface area (Å²) in [4.78, 5) is 19.8. The van der Waals surface area contributed by atoms with Crippen LogP contribution in [0.5, 0.6) is 11.5 Å². The van der Waals surface area contributed by atoms with Crippen LogP contribution in [0.3, 0.4) is 0 Å². The van der Waals surface area contributed by atoms with Gasteiger partial charge in [-0.1, -0.05) is 26.0 Å². The Labute approximate surface area is 170 Å². The molecule has 7 nitrogen and oxygen atoms in total. The molecule has 4 rings (SSSR count). The van der Waals surface area contributed by atoms with Gasteiger partial charge in [-0.15, -0.1) is 0 Å². The number of carbonyl (C=O) groups is 1. The molecule has 0 N–H and O–H groups in total. The number of amides is 1. The minimum Gasteiger partial charge on any atom is -0.486 e. The van der Waals surface area contributed by atoms with E-state index in [9.17, 15) is 4.79 Å². The Bertz CT molecular complexity index is 1070. The minimum absolute atomic E-state index is 0.0714. The lowest BCUT2D eigenvalue weighted by atomic mass is 10.0. The molecule has 152 valence electrons. The molecule has 0 spiro atoms. The summed E-state index contributed by atoms with van der Waals surface area (Å²) in [6, 6.07) is 9.48. The average Bonchev–Trinajstić information content (AvgIpc) is 3.00. The zero-order chi connectivity index (χ0) is 20.7. The highest BCUT2D eigenvalue weighted by molar-refractivity contribution is 6.06. The highest BCUT2D eigenvalue weighted by Gasteiger charge is 2.26. The van der Waals surface area contributed by atoms with E-state index in [4.69, 9.17) is 14.5 Å². The van der Waals surface area contributed by atoms with Crippen LogP contribution < -0.4 is 9.47 Å². The van der Waals surface area contributed by atoms with Crippen molar-refractivity contribution in [1.29, 1.82) is 0 Å². The summed E-state index contributed by atoms with van der Waals surface area (Å²) in [6.07, 6.45) is -0.226. The van der Waals surface area contributed by atoms with Crippen molar-refractivity contribution in [1.82, 2.24) is 19.7 Å². The van der Waals surface area contributed by atoms with Crippen molar-refractivity contribution in [3.05, 3.63) is 47.3 Å². The molecule has 0 unspecified atom stereocenters. The van der Waals surface area contributed by atoms with Gasteiger partial charge in [0.05, 0.1) is 23.2 Å². The van der Waals surface area contributed by atoms with Gasteiger partial charge < -0.3 is 14.4 Å². The SMILES string of the molecule is Cc1nn(C)c2nc(C(C)C)cc(C(=O)N(C)C[C@H]3COc4ccccc4O3)c12. The Morgan fingerprint density at radius 3 is 2.76 bits per heavy atom. The maximum absolute atomic E-state index is 13.4. The number of aryl methyl sites for hydroxylation is 2. The van der Waals surface area contributed by atoms with Crippen LogP contribution in [0.25, 0.3) is 11.0 Å². The molecule has 0 radical (unpaired) electrons. The molecule has 1 aliphatic rings. The summed E-state index contributed by atoms with van der Waals surface area (Å²) >= 11 is 0. The largest absolute Gasteiger partial charge is 0.486 e. The van der Waals surface area contributed by atoms with Gasteiger partial charge in [0.2, 0.25) is 0 Å². The highest BCUT2D eigenvalue weighted by Crippen LogP contribution is 2.31. The van der Waals surface area contributed by atoms with E-state index in [1.54, 1.807) is 16.6 Å². The second-order valence-corrected chi connectivity index (χ2v) is 7.84. The van der Waals surface area contributed by atoms with Gasteiger partial charge in [0.15, 0.2) is 23.3 Å². The third-order valence-electron chi connectivity index (χ3n) is 5.20. The molecular formula is C22H26N4O3. The zero-order valence-electron chi connectivity index (χ0n) is 17.5. The monoisotopic (exact) mass is 394 g/mol. The van der Waals surface area contributed by atoms with Crippen molar-refractivity contribution < 1.29 is 14.3 Å². The molecule has 7 heteroatoms. The van der Waals surface area contributed by atoms with Crippen LogP contribution in [0, 0.1) is 6.92 Å². The summed E-state index contributed by atoms with van der Waals surface area (Å²) in [6.45, 7) is 6.88. The third kappa shape index (κ3) is 3.52. The molecule has 1 aromatic carbocycles. The number of pyridine rings is 1. The molecule has 29 heavy (non-hydrogen) atoms. The van der Waals surface area contributed by atoms with Gasteiger partial charge in [-0.05, 0) is 31.0 Å². The number of hydrogen-bond acceptors (Lipinski definition) is 5. The molecule has 1 atom stereocenters. The molecule has 2 aromatic heterocycles. The van der Waals surface area contributed by atoms with Crippen LogP contribution in [0.15, 0.2) is 30.3 Å². The van der Waals surface area contributed by atoms with E-state index in [1.165, 1.54) is 0 Å². The summed E-state index contributed by atoms with van der Waals surface area (Å²) in [7, 11) is 3.65. The van der Waals surface area contributed by atoms with Crippen LogP contribution in [-0.4, -0.2) is 51.9 Å². The summed E-state index contributed by atoms with van der Waals surface area (Å²) in [5.41, 5.74) is 3.04. The Morgan fingerprint density at radius 2 is 2.03 bits per heavy atom. The van der Waals surface area contributed by atoms with Crippen molar-refractivity contribution in [2.24, 2.45) is 7.05 Å². The second-order valence-electron chi connectivity index (χ2n) is 7.84. The molecule has 0 saturated carbocycles. The first-order valence-electron chi connectivity index (χ1n) is 9.83. The van der Waals surface area contributed by atoms with Crippen molar-refractivity contribution >= 4 is 16.9 Å². The quantitative estimate of drug-likeness (QED) is 0.679. The Morgan fingerprint density at radius 1 is 1.31 bits per heavy atom. The van der Waals surface area contributed by atoms with Crippen LogP contribution in [0.2, 0.25) is 0 Å². The first-order valence-corrected chi connectivity index (χ1v) is 9.83. The predicted octanol–water partition coefficient (Wildman–Crippen LogP) is 3.31. The first kappa shape index (κ1) is 19.2. The molecule has 0 saturated heterocycles. The van der Waals surface area contributed by atoms with E-state index in [0.29, 0.717) is 24.5 Å². The van der Waals surface area contributed by atoms with Gasteiger partial charge in [0, 0.05) is 19.8 Å². The highest BCUT2D eigenvalue weighted by atomic mass is 16.6. The van der Waals surface area contributed by atoms with Crippen molar-refractivity contribution in [3.8, 4) is 11.5 Å². The topological polar surface area (TPSA) is 69.5 Å². The molecule has 0 aliphatic carbocycles. The third-order valence-corrected chi connectivity index (χ3v) is 5.20. The van der Waals surface area contributed by atoms with Crippen LogP contribution >= 0.6 is 0 Å². The van der Waals surface area contributed by atoms with Crippen molar-refractivity contribution in [2.75, 3.05) is 20.2 Å². The van der Waals surface area contributed by atoms with Crippen LogP contribution in [-0.2, 0) is 7.05 Å². The van der Waals surface area contributed by atoms with E-state index in [1.807, 2.05) is 44.3 Å². The molecular weight excluding hydrogens is 368 g/mol. The lowest BCUT2D eigenvalue weighted by Crippen LogP contribution is -2.41. The number of para-hydroxylation sites is 2. The molecule has 3 heterocycles. The van der Waals surface area contributed by atoms with Gasteiger partial charge in [-0.3, -0.25) is 9.48 Å². The minimum atomic E-state index is -0.226. The predicted molar refractivity (Wildman–Crippen MR) is 111 cm³/mol. The van der Waals surface area contributed by atoms with E-state index in [-0.39, 0.29) is 17.9 Å². The Balaban J connectivity index is 1.61. The van der Waals surface area contributed by atoms with Crippen molar-refractivity contribution in [3.63, 3.8) is 0 Å². The van der Waals surface area contributed by atoms with Gasteiger partial charge in [-0.2, -0.15) is 5.10 Å². The molecule has 0 fully saturated rings. The maximum Gasteiger partial charge on any atom is 0.254 e. The van der Waals surface area contributed by atoms with Crippen LogP contribution in [0.1, 0.15) is 41.5 Å². The normalized spacial score (nSPS) is 15.7. The molecule has 3 aromatic rings. The number of fused-ring (bicyclic) bond motifs is 2. The number of aromatic nitrogens is 3. The Hall–Kier alpha value is -3.09. The maximum atomic E-state index is 13.4. The van der Waals surface area contributed by atoms with E-state index < -0.39 is 0 Å². The lowest BCUT2D eigenvalue weighted by molar-refractivity contribution is 0.0522. The number of hydrogen-bond donors (Lipinski definition) is 0. The second kappa shape index (κ2) is 7.39. The average molecular weight is 394 g/mol. The number of ether oxygens (including phenoxy) is 2. The first-order chi connectivity index (χ1) is 13.8. The van der Waals surface area contributed by atoms with Gasteiger partial charge in [0.1, 0.15) is 6.61 Å². The smallest absolute Gasteiger partial charge is 0.254 e. The number of nitrogens with zero attached hydrogens (tertiary/aromatic N) is 4. The fourth-order valence-corrected chi connectivity index (χ4v) is 3.68.